The molecule has 0 unspecified atom stereocenters. The summed E-state index contributed by atoms with van der Waals surface area (Å²) < 4.78 is 12.4. The zero-order valence-corrected chi connectivity index (χ0v) is 5.31. The van der Waals surface area contributed by atoms with E-state index in [0.29, 0.717) is 0 Å². The van der Waals surface area contributed by atoms with Gasteiger partial charge >= 0.3 is 0 Å². The van der Waals surface area contributed by atoms with E-state index in [1.54, 1.807) is 0 Å². The van der Waals surface area contributed by atoms with Crippen LogP contribution in [0.5, 0.6) is 0 Å². The van der Waals surface area contributed by atoms with E-state index < -0.39 is 5.95 Å². The highest BCUT2D eigenvalue weighted by molar-refractivity contribution is 9.10. The number of hydrogen-bond acceptors (Lipinski definition) is 2. The van der Waals surface area contributed by atoms with E-state index in [4.69, 9.17) is 0 Å². The van der Waals surface area contributed by atoms with E-state index in [1.807, 2.05) is 0 Å². The van der Waals surface area contributed by atoms with Gasteiger partial charge in [-0.3, -0.25) is 0 Å². The van der Waals surface area contributed by atoms with Gasteiger partial charge in [0.2, 0.25) is 5.95 Å². The van der Waals surface area contributed by atoms with Crippen LogP contribution in [0.1, 0.15) is 0 Å². The van der Waals surface area contributed by atoms with E-state index in [-0.39, 0.29) is 4.47 Å². The number of hydrogen-bond donors (Lipinski definition) is 0. The molecule has 0 aliphatic rings. The molecule has 1 aromatic heterocycles. The predicted molar refractivity (Wildman–Crippen MR) is 28.5 cm³/mol. The Labute approximate surface area is 53.9 Å². The van der Waals surface area contributed by atoms with Crippen molar-refractivity contribution in [2.75, 3.05) is 0 Å². The van der Waals surface area contributed by atoms with Crippen molar-refractivity contribution in [3.8, 4) is 0 Å². The molecule has 0 saturated carbocycles. The standard InChI is InChI=1S/C4HBrFN2/c5-3-1-2-7-8-4(3)6/h1H. The molecular formula is C4HBrFN2. The molecule has 1 aromatic rings. The van der Waals surface area contributed by atoms with Gasteiger partial charge in [0.1, 0.15) is 6.20 Å². The van der Waals surface area contributed by atoms with Gasteiger partial charge in [-0.25, -0.2) is 0 Å². The Kier molecular flexibility index (Phi) is 1.53. The van der Waals surface area contributed by atoms with Gasteiger partial charge in [0.15, 0.2) is 0 Å². The molecule has 1 rings (SSSR count). The minimum absolute atomic E-state index is 0.285. The van der Waals surface area contributed by atoms with Crippen molar-refractivity contribution in [1.29, 1.82) is 0 Å². The summed E-state index contributed by atoms with van der Waals surface area (Å²) in [7, 11) is 0. The van der Waals surface area contributed by atoms with E-state index in [2.05, 4.69) is 32.3 Å². The van der Waals surface area contributed by atoms with Crippen LogP contribution in [-0.2, 0) is 0 Å². The summed E-state index contributed by atoms with van der Waals surface area (Å²) in [6.45, 7) is 0. The van der Waals surface area contributed by atoms with Crippen LogP contribution >= 0.6 is 15.9 Å². The summed E-state index contributed by atoms with van der Waals surface area (Å²) in [6, 6.07) is 1.36. The zero-order chi connectivity index (χ0) is 5.98. The first-order valence-corrected chi connectivity index (χ1v) is 2.65. The summed E-state index contributed by atoms with van der Waals surface area (Å²) in [4.78, 5) is 0. The van der Waals surface area contributed by atoms with E-state index in [0.717, 1.165) is 0 Å². The van der Waals surface area contributed by atoms with Crippen LogP contribution in [-0.4, -0.2) is 10.2 Å². The minimum atomic E-state index is -0.608. The quantitative estimate of drug-likeness (QED) is 0.592. The molecule has 8 heavy (non-hydrogen) atoms. The summed E-state index contributed by atoms with van der Waals surface area (Å²) >= 11 is 2.89. The van der Waals surface area contributed by atoms with Gasteiger partial charge in [-0.05, 0) is 22.0 Å². The second-order valence-electron chi connectivity index (χ2n) is 1.11. The number of nitrogens with zero attached hydrogens (tertiary/aromatic N) is 2. The molecule has 1 heterocycles. The maximum absolute atomic E-state index is 12.1. The van der Waals surface area contributed by atoms with Crippen molar-refractivity contribution in [1.82, 2.24) is 10.2 Å². The highest BCUT2D eigenvalue weighted by Gasteiger charge is 1.94. The van der Waals surface area contributed by atoms with Crippen molar-refractivity contribution in [3.05, 3.63) is 22.7 Å². The lowest BCUT2D eigenvalue weighted by atomic mass is 10.6. The lowest BCUT2D eigenvalue weighted by Crippen LogP contribution is -1.85. The van der Waals surface area contributed by atoms with Gasteiger partial charge < -0.3 is 0 Å². The first-order valence-electron chi connectivity index (χ1n) is 1.85. The fraction of sp³-hybridized carbons (Fsp3) is 0. The maximum Gasteiger partial charge on any atom is 0.247 e. The Morgan fingerprint density at radius 3 is 2.88 bits per heavy atom. The van der Waals surface area contributed by atoms with E-state index in [9.17, 15) is 4.39 Å². The number of aromatic nitrogens is 2. The summed E-state index contributed by atoms with van der Waals surface area (Å²) in [5.74, 6) is -0.608. The van der Waals surface area contributed by atoms with Gasteiger partial charge in [-0.1, -0.05) is 0 Å². The Balaban J connectivity index is 3.13. The lowest BCUT2D eigenvalue weighted by molar-refractivity contribution is 0.555. The molecule has 0 N–H and O–H groups in total. The van der Waals surface area contributed by atoms with Crippen LogP contribution < -0.4 is 0 Å². The van der Waals surface area contributed by atoms with Crippen molar-refractivity contribution < 1.29 is 4.39 Å². The Morgan fingerprint density at radius 2 is 2.50 bits per heavy atom. The van der Waals surface area contributed by atoms with Gasteiger partial charge in [0.25, 0.3) is 0 Å². The highest BCUT2D eigenvalue weighted by atomic mass is 79.9. The monoisotopic (exact) mass is 175 g/mol. The smallest absolute Gasteiger partial charge is 0.182 e. The average molecular weight is 176 g/mol. The van der Waals surface area contributed by atoms with Gasteiger partial charge in [0.05, 0.1) is 4.47 Å². The van der Waals surface area contributed by atoms with Gasteiger partial charge in [-0.2, -0.15) is 4.39 Å². The Morgan fingerprint density at radius 1 is 1.75 bits per heavy atom. The van der Waals surface area contributed by atoms with Crippen LogP contribution in [0.15, 0.2) is 10.5 Å². The average Bonchev–Trinajstić information content (AvgIpc) is 1.77. The molecular weight excluding hydrogens is 175 g/mol. The van der Waals surface area contributed by atoms with Crippen LogP contribution in [0.3, 0.4) is 0 Å². The minimum Gasteiger partial charge on any atom is -0.182 e. The first kappa shape index (κ1) is 5.62. The molecule has 0 spiro atoms. The molecule has 0 aromatic carbocycles. The summed E-state index contributed by atoms with van der Waals surface area (Å²) in [5.41, 5.74) is 0. The maximum atomic E-state index is 12.1. The molecule has 0 saturated heterocycles. The zero-order valence-electron chi connectivity index (χ0n) is 3.73. The summed E-state index contributed by atoms with van der Waals surface area (Å²) in [5, 5.41) is 6.22. The Bertz CT molecular complexity index is 170. The molecule has 4 heteroatoms. The summed E-state index contributed by atoms with van der Waals surface area (Å²) in [6.07, 6.45) is 2.35. The van der Waals surface area contributed by atoms with Crippen LogP contribution in [0.2, 0.25) is 0 Å². The van der Waals surface area contributed by atoms with E-state index in [1.165, 1.54) is 6.07 Å². The predicted octanol–water partition coefficient (Wildman–Crippen LogP) is 1.18. The molecule has 1 radical (unpaired) electrons. The third kappa shape index (κ3) is 1.01. The topological polar surface area (TPSA) is 25.8 Å². The lowest BCUT2D eigenvalue weighted by Gasteiger charge is -1.84. The molecule has 0 aliphatic heterocycles. The highest BCUT2D eigenvalue weighted by Crippen LogP contribution is 2.08. The SMILES string of the molecule is Fc1nn[c]cc1Br. The van der Waals surface area contributed by atoms with Crippen molar-refractivity contribution >= 4 is 15.9 Å². The molecule has 2 nitrogen and oxygen atoms in total. The third-order valence-corrected chi connectivity index (χ3v) is 1.14. The van der Waals surface area contributed by atoms with Crippen molar-refractivity contribution in [2.45, 2.75) is 0 Å². The van der Waals surface area contributed by atoms with Gasteiger partial charge in [0, 0.05) is 0 Å². The second kappa shape index (κ2) is 2.17. The van der Waals surface area contributed by atoms with Gasteiger partial charge in [-0.15, -0.1) is 10.2 Å². The number of halogens is 2. The number of rotatable bonds is 0. The fourth-order valence-corrected chi connectivity index (χ4v) is 0.447. The van der Waals surface area contributed by atoms with E-state index >= 15 is 0 Å². The second-order valence-corrected chi connectivity index (χ2v) is 1.97. The third-order valence-electron chi connectivity index (χ3n) is 0.584. The fourth-order valence-electron chi connectivity index (χ4n) is 0.266. The molecule has 41 valence electrons. The van der Waals surface area contributed by atoms with Crippen LogP contribution in [0, 0.1) is 12.1 Å². The van der Waals surface area contributed by atoms with Crippen molar-refractivity contribution in [2.24, 2.45) is 0 Å². The molecule has 0 aliphatic carbocycles. The molecule has 0 bridgehead atoms. The normalized spacial score (nSPS) is 9.25. The molecule has 0 amide bonds. The Hall–Kier alpha value is -0.510. The molecule has 0 fully saturated rings. The first-order chi connectivity index (χ1) is 3.80. The van der Waals surface area contributed by atoms with Crippen LogP contribution in [0.4, 0.5) is 4.39 Å². The van der Waals surface area contributed by atoms with Crippen molar-refractivity contribution in [3.63, 3.8) is 0 Å². The molecule has 0 atom stereocenters. The van der Waals surface area contributed by atoms with Crippen LogP contribution in [0.25, 0.3) is 0 Å². The largest absolute Gasteiger partial charge is 0.247 e.